The summed E-state index contributed by atoms with van der Waals surface area (Å²) in [6.45, 7) is 3.62. The molecule has 1 rings (SSSR count). The van der Waals surface area contributed by atoms with Gasteiger partial charge in [-0.15, -0.1) is 0 Å². The Labute approximate surface area is 99.8 Å². The highest BCUT2D eigenvalue weighted by atomic mass is 19.1. The maximum atomic E-state index is 13.6. The van der Waals surface area contributed by atoms with Crippen LogP contribution in [0.1, 0.15) is 24.5 Å². The lowest BCUT2D eigenvalue weighted by atomic mass is 10.1. The lowest BCUT2D eigenvalue weighted by molar-refractivity contribution is -0.141. The maximum absolute atomic E-state index is 13.6. The number of nitrogen functional groups attached to an aromatic ring is 1. The minimum absolute atomic E-state index is 0.0449. The van der Waals surface area contributed by atoms with E-state index in [2.05, 4.69) is 11.8 Å². The normalized spacial score (nSPS) is 9.35. The highest BCUT2D eigenvalue weighted by Gasteiger charge is 2.05. The minimum atomic E-state index is -0.443. The second kappa shape index (κ2) is 5.90. The molecule has 0 heterocycles. The van der Waals surface area contributed by atoms with Gasteiger partial charge in [0.1, 0.15) is 12.2 Å². The third kappa shape index (κ3) is 3.49. The Morgan fingerprint density at radius 1 is 1.53 bits per heavy atom. The van der Waals surface area contributed by atoms with Crippen molar-refractivity contribution in [2.45, 2.75) is 20.3 Å². The summed E-state index contributed by atoms with van der Waals surface area (Å²) in [4.78, 5) is 11.0. The summed E-state index contributed by atoms with van der Waals surface area (Å²) in [5.41, 5.74) is 6.54. The van der Waals surface area contributed by atoms with E-state index in [1.807, 2.05) is 0 Å². The molecule has 0 spiro atoms. The fraction of sp³-hybridized carbons (Fsp3) is 0.308. The third-order valence-corrected chi connectivity index (χ3v) is 2.19. The summed E-state index contributed by atoms with van der Waals surface area (Å²) < 4.78 is 18.3. The van der Waals surface area contributed by atoms with Crippen molar-refractivity contribution in [3.63, 3.8) is 0 Å². The molecule has 1 aromatic rings. The summed E-state index contributed by atoms with van der Waals surface area (Å²) in [5.74, 6) is 4.30. The fourth-order valence-corrected chi connectivity index (χ4v) is 1.22. The van der Waals surface area contributed by atoms with Crippen molar-refractivity contribution in [2.75, 3.05) is 12.3 Å². The first-order chi connectivity index (χ1) is 8.06. The zero-order chi connectivity index (χ0) is 12.8. The molecule has 17 heavy (non-hydrogen) atoms. The van der Waals surface area contributed by atoms with Crippen LogP contribution in [0.3, 0.4) is 0 Å². The molecule has 3 nitrogen and oxygen atoms in total. The van der Waals surface area contributed by atoms with Crippen LogP contribution >= 0.6 is 0 Å². The molecule has 0 saturated carbocycles. The molecule has 0 bridgehead atoms. The number of hydrogen-bond acceptors (Lipinski definition) is 3. The van der Waals surface area contributed by atoms with Gasteiger partial charge in [-0.25, -0.2) is 4.39 Å². The monoisotopic (exact) mass is 235 g/mol. The highest BCUT2D eigenvalue weighted by molar-refractivity contribution is 5.72. The SMILES string of the molecule is CCOC(=O)CC#Cc1ccc(N)c(C)c1F. The lowest BCUT2D eigenvalue weighted by Gasteiger charge is -2.02. The first-order valence-electron chi connectivity index (χ1n) is 5.25. The molecule has 0 saturated heterocycles. The first kappa shape index (κ1) is 13.0. The molecule has 0 radical (unpaired) electrons. The van der Waals surface area contributed by atoms with E-state index in [0.717, 1.165) is 0 Å². The van der Waals surface area contributed by atoms with Crippen LogP contribution in [0.4, 0.5) is 10.1 Å². The maximum Gasteiger partial charge on any atom is 0.317 e. The fourth-order valence-electron chi connectivity index (χ4n) is 1.22. The summed E-state index contributed by atoms with van der Waals surface area (Å²) in [5, 5.41) is 0. The van der Waals surface area contributed by atoms with Gasteiger partial charge in [-0.1, -0.05) is 11.8 Å². The number of rotatable bonds is 2. The summed E-state index contributed by atoms with van der Waals surface area (Å²) in [6, 6.07) is 3.09. The Bertz CT molecular complexity index is 486. The highest BCUT2D eigenvalue weighted by Crippen LogP contribution is 2.17. The van der Waals surface area contributed by atoms with Crippen molar-refractivity contribution in [3.8, 4) is 11.8 Å². The predicted octanol–water partition coefficient (Wildman–Crippen LogP) is 2.02. The van der Waals surface area contributed by atoms with Gasteiger partial charge in [-0.2, -0.15) is 0 Å². The van der Waals surface area contributed by atoms with Gasteiger partial charge in [0.25, 0.3) is 0 Å². The number of carbonyl (C=O) groups excluding carboxylic acids is 1. The van der Waals surface area contributed by atoms with Crippen LogP contribution < -0.4 is 5.73 Å². The van der Waals surface area contributed by atoms with Crippen LogP contribution in [0.25, 0.3) is 0 Å². The average molecular weight is 235 g/mol. The standard InChI is InChI=1S/C13H14FNO2/c1-3-17-12(16)6-4-5-10-7-8-11(15)9(2)13(10)14/h7-8H,3,6,15H2,1-2H3. The first-order valence-corrected chi connectivity index (χ1v) is 5.25. The number of hydrogen-bond donors (Lipinski definition) is 1. The second-order valence-corrected chi connectivity index (χ2v) is 3.42. The lowest BCUT2D eigenvalue weighted by Crippen LogP contribution is -2.01. The number of benzene rings is 1. The van der Waals surface area contributed by atoms with E-state index in [4.69, 9.17) is 10.5 Å². The molecule has 0 aliphatic heterocycles. The Morgan fingerprint density at radius 3 is 2.88 bits per heavy atom. The minimum Gasteiger partial charge on any atom is -0.465 e. The van der Waals surface area contributed by atoms with Gasteiger partial charge >= 0.3 is 5.97 Å². The molecule has 0 aliphatic carbocycles. The number of nitrogens with two attached hydrogens (primary N) is 1. The number of anilines is 1. The topological polar surface area (TPSA) is 52.3 Å². The molecule has 1 aromatic carbocycles. The van der Waals surface area contributed by atoms with Gasteiger partial charge in [-0.05, 0) is 26.0 Å². The second-order valence-electron chi connectivity index (χ2n) is 3.42. The van der Waals surface area contributed by atoms with Crippen LogP contribution in [0, 0.1) is 24.6 Å². The van der Waals surface area contributed by atoms with E-state index >= 15 is 0 Å². The summed E-state index contributed by atoms with van der Waals surface area (Å²) >= 11 is 0. The Balaban J connectivity index is 2.79. The van der Waals surface area contributed by atoms with Gasteiger partial charge in [0.15, 0.2) is 0 Å². The van der Waals surface area contributed by atoms with E-state index in [1.54, 1.807) is 19.9 Å². The average Bonchev–Trinajstić information content (AvgIpc) is 2.29. The van der Waals surface area contributed by atoms with E-state index < -0.39 is 11.8 Å². The molecule has 0 atom stereocenters. The van der Waals surface area contributed by atoms with Crippen molar-refractivity contribution in [3.05, 3.63) is 29.1 Å². The van der Waals surface area contributed by atoms with Crippen molar-refractivity contribution < 1.29 is 13.9 Å². The zero-order valence-corrected chi connectivity index (χ0v) is 9.84. The van der Waals surface area contributed by atoms with E-state index in [-0.39, 0.29) is 12.0 Å². The molecular formula is C13H14FNO2. The number of halogens is 1. The van der Waals surface area contributed by atoms with Crippen LogP contribution in [0.15, 0.2) is 12.1 Å². The van der Waals surface area contributed by atoms with Crippen molar-refractivity contribution >= 4 is 11.7 Å². The van der Waals surface area contributed by atoms with Crippen LogP contribution in [0.5, 0.6) is 0 Å². The number of carbonyl (C=O) groups is 1. The summed E-state index contributed by atoms with van der Waals surface area (Å²) in [7, 11) is 0. The van der Waals surface area contributed by atoms with E-state index in [9.17, 15) is 9.18 Å². The largest absolute Gasteiger partial charge is 0.465 e. The van der Waals surface area contributed by atoms with Gasteiger partial charge in [0, 0.05) is 11.3 Å². The zero-order valence-electron chi connectivity index (χ0n) is 9.84. The molecule has 0 aliphatic rings. The van der Waals surface area contributed by atoms with Crippen LogP contribution in [-0.4, -0.2) is 12.6 Å². The number of ether oxygens (including phenoxy) is 1. The Morgan fingerprint density at radius 2 is 2.24 bits per heavy atom. The van der Waals surface area contributed by atoms with E-state index in [1.165, 1.54) is 6.07 Å². The smallest absolute Gasteiger partial charge is 0.317 e. The van der Waals surface area contributed by atoms with Gasteiger partial charge in [-0.3, -0.25) is 4.79 Å². The van der Waals surface area contributed by atoms with Crippen molar-refractivity contribution in [1.82, 2.24) is 0 Å². The molecule has 0 aromatic heterocycles. The summed E-state index contributed by atoms with van der Waals surface area (Å²) in [6.07, 6.45) is -0.0449. The molecule has 90 valence electrons. The third-order valence-electron chi connectivity index (χ3n) is 2.19. The Kier molecular flexibility index (Phi) is 4.53. The molecule has 0 amide bonds. The predicted molar refractivity (Wildman–Crippen MR) is 63.7 cm³/mol. The van der Waals surface area contributed by atoms with Gasteiger partial charge < -0.3 is 10.5 Å². The van der Waals surface area contributed by atoms with Gasteiger partial charge in [0.05, 0.1) is 12.2 Å². The Hall–Kier alpha value is -2.02. The molecular weight excluding hydrogens is 221 g/mol. The number of esters is 1. The molecule has 0 unspecified atom stereocenters. The van der Waals surface area contributed by atoms with Crippen molar-refractivity contribution in [1.29, 1.82) is 0 Å². The molecule has 2 N–H and O–H groups in total. The van der Waals surface area contributed by atoms with Gasteiger partial charge in [0.2, 0.25) is 0 Å². The molecule has 0 fully saturated rings. The molecule has 4 heteroatoms. The van der Waals surface area contributed by atoms with Crippen molar-refractivity contribution in [2.24, 2.45) is 0 Å². The van der Waals surface area contributed by atoms with E-state index in [0.29, 0.717) is 17.9 Å². The quantitative estimate of drug-likeness (QED) is 0.484. The van der Waals surface area contributed by atoms with Crippen LogP contribution in [-0.2, 0) is 9.53 Å². The van der Waals surface area contributed by atoms with Crippen LogP contribution in [0.2, 0.25) is 0 Å².